The molecule has 0 atom stereocenters. The van der Waals surface area contributed by atoms with Gasteiger partial charge in [0.05, 0.1) is 0 Å². The SMILES string of the molecule is CC=C(O)c1ncn[nH]1. The molecule has 0 aliphatic rings. The lowest BCUT2D eigenvalue weighted by Crippen LogP contribution is -1.83. The van der Waals surface area contributed by atoms with Gasteiger partial charge in [-0.05, 0) is 13.0 Å². The third kappa shape index (κ3) is 1.07. The second-order valence-electron chi connectivity index (χ2n) is 1.51. The van der Waals surface area contributed by atoms with E-state index in [-0.39, 0.29) is 5.76 Å². The Bertz CT molecular complexity index is 202. The van der Waals surface area contributed by atoms with Crippen LogP contribution in [0.3, 0.4) is 0 Å². The summed E-state index contributed by atoms with van der Waals surface area (Å²) < 4.78 is 0. The number of aliphatic hydroxyl groups excluding tert-OH is 1. The van der Waals surface area contributed by atoms with Gasteiger partial charge in [0, 0.05) is 0 Å². The quantitative estimate of drug-likeness (QED) is 0.544. The van der Waals surface area contributed by atoms with Gasteiger partial charge in [-0.15, -0.1) is 0 Å². The number of H-pyrrole nitrogens is 1. The van der Waals surface area contributed by atoms with Crippen molar-refractivity contribution in [2.45, 2.75) is 6.92 Å². The highest BCUT2D eigenvalue weighted by molar-refractivity contribution is 5.49. The molecule has 4 heteroatoms. The van der Waals surface area contributed by atoms with Gasteiger partial charge in [0.1, 0.15) is 6.33 Å². The molecule has 0 unspecified atom stereocenters. The Hall–Kier alpha value is -1.32. The lowest BCUT2D eigenvalue weighted by Gasteiger charge is -1.87. The minimum Gasteiger partial charge on any atom is -0.504 e. The van der Waals surface area contributed by atoms with Gasteiger partial charge in [0.15, 0.2) is 11.6 Å². The number of aromatic nitrogens is 3. The fraction of sp³-hybridized carbons (Fsp3) is 0.200. The largest absolute Gasteiger partial charge is 0.504 e. The highest BCUT2D eigenvalue weighted by Crippen LogP contribution is 2.00. The van der Waals surface area contributed by atoms with Crippen LogP contribution in [-0.4, -0.2) is 20.3 Å². The zero-order chi connectivity index (χ0) is 6.69. The Morgan fingerprint density at radius 1 is 1.89 bits per heavy atom. The van der Waals surface area contributed by atoms with Crippen molar-refractivity contribution in [2.24, 2.45) is 0 Å². The normalized spacial score (nSPS) is 11.9. The Balaban J connectivity index is 2.90. The molecule has 2 N–H and O–H groups in total. The Morgan fingerprint density at radius 3 is 3.11 bits per heavy atom. The second-order valence-corrected chi connectivity index (χ2v) is 1.51. The summed E-state index contributed by atoms with van der Waals surface area (Å²) >= 11 is 0. The predicted octanol–water partition coefficient (Wildman–Crippen LogP) is 0.723. The molecule has 0 radical (unpaired) electrons. The van der Waals surface area contributed by atoms with Gasteiger partial charge in [-0.25, -0.2) is 4.98 Å². The van der Waals surface area contributed by atoms with Crippen molar-refractivity contribution in [3.63, 3.8) is 0 Å². The first-order valence-electron chi connectivity index (χ1n) is 2.55. The van der Waals surface area contributed by atoms with Crippen LogP contribution < -0.4 is 0 Å². The third-order valence-electron chi connectivity index (χ3n) is 0.931. The average Bonchev–Trinajstić information content (AvgIpc) is 2.37. The van der Waals surface area contributed by atoms with E-state index in [2.05, 4.69) is 15.2 Å². The van der Waals surface area contributed by atoms with Crippen LogP contribution in [-0.2, 0) is 0 Å². The number of nitrogens with one attached hydrogen (secondary N) is 1. The standard InChI is InChI=1S/C5H7N3O/c1-2-4(9)5-6-3-7-8-5/h2-3,9H,1H3,(H,6,7,8). The summed E-state index contributed by atoms with van der Waals surface area (Å²) in [6, 6.07) is 0. The fourth-order valence-electron chi connectivity index (χ4n) is 0.466. The van der Waals surface area contributed by atoms with Crippen LogP contribution in [0.5, 0.6) is 0 Å². The summed E-state index contributed by atoms with van der Waals surface area (Å²) in [7, 11) is 0. The summed E-state index contributed by atoms with van der Waals surface area (Å²) in [4.78, 5) is 3.70. The van der Waals surface area contributed by atoms with E-state index >= 15 is 0 Å². The van der Waals surface area contributed by atoms with Crippen LogP contribution >= 0.6 is 0 Å². The fourth-order valence-corrected chi connectivity index (χ4v) is 0.466. The van der Waals surface area contributed by atoms with Gasteiger partial charge in [0.25, 0.3) is 0 Å². The zero-order valence-electron chi connectivity index (χ0n) is 5.00. The van der Waals surface area contributed by atoms with Gasteiger partial charge in [-0.1, -0.05) is 0 Å². The summed E-state index contributed by atoms with van der Waals surface area (Å²) in [6.07, 6.45) is 2.88. The number of hydrogen-bond donors (Lipinski definition) is 2. The molecule has 0 aromatic carbocycles. The van der Waals surface area contributed by atoms with Crippen LogP contribution in [0.1, 0.15) is 12.7 Å². The highest BCUT2D eigenvalue weighted by atomic mass is 16.3. The molecule has 4 nitrogen and oxygen atoms in total. The van der Waals surface area contributed by atoms with E-state index < -0.39 is 0 Å². The minimum absolute atomic E-state index is 0.118. The minimum atomic E-state index is 0.118. The summed E-state index contributed by atoms with van der Waals surface area (Å²) in [5.74, 6) is 0.519. The lowest BCUT2D eigenvalue weighted by molar-refractivity contribution is 0.504. The van der Waals surface area contributed by atoms with E-state index in [4.69, 9.17) is 5.11 Å². The maximum absolute atomic E-state index is 8.95. The molecule has 1 aromatic rings. The molecule has 9 heavy (non-hydrogen) atoms. The molecule has 1 aromatic heterocycles. The van der Waals surface area contributed by atoms with Crippen molar-refractivity contribution in [1.82, 2.24) is 15.2 Å². The Morgan fingerprint density at radius 2 is 2.67 bits per heavy atom. The molecule has 0 fully saturated rings. The van der Waals surface area contributed by atoms with Crippen molar-refractivity contribution in [2.75, 3.05) is 0 Å². The van der Waals surface area contributed by atoms with Gasteiger partial charge in [0.2, 0.25) is 0 Å². The van der Waals surface area contributed by atoms with Crippen molar-refractivity contribution >= 4 is 5.76 Å². The molecule has 0 spiro atoms. The van der Waals surface area contributed by atoms with E-state index in [1.165, 1.54) is 6.33 Å². The number of rotatable bonds is 1. The van der Waals surface area contributed by atoms with Crippen LogP contribution in [0, 0.1) is 0 Å². The summed E-state index contributed by atoms with van der Waals surface area (Å²) in [6.45, 7) is 1.72. The zero-order valence-corrected chi connectivity index (χ0v) is 5.00. The molecule has 1 heterocycles. The van der Waals surface area contributed by atoms with E-state index in [9.17, 15) is 0 Å². The number of aromatic amines is 1. The summed E-state index contributed by atoms with van der Waals surface area (Å²) in [5, 5.41) is 15.0. The van der Waals surface area contributed by atoms with Crippen LogP contribution in [0.4, 0.5) is 0 Å². The van der Waals surface area contributed by atoms with Crippen LogP contribution in [0.2, 0.25) is 0 Å². The molecule has 0 saturated heterocycles. The number of hydrogen-bond acceptors (Lipinski definition) is 3. The van der Waals surface area contributed by atoms with Crippen LogP contribution in [0.25, 0.3) is 5.76 Å². The summed E-state index contributed by atoms with van der Waals surface area (Å²) in [5.41, 5.74) is 0. The first kappa shape index (κ1) is 5.81. The van der Waals surface area contributed by atoms with Crippen molar-refractivity contribution in [1.29, 1.82) is 0 Å². The number of nitrogens with zero attached hydrogens (tertiary/aromatic N) is 2. The Kier molecular flexibility index (Phi) is 1.48. The van der Waals surface area contributed by atoms with Crippen molar-refractivity contribution in [3.05, 3.63) is 18.2 Å². The molecule has 0 saturated carbocycles. The van der Waals surface area contributed by atoms with E-state index in [0.717, 1.165) is 0 Å². The van der Waals surface area contributed by atoms with Crippen LogP contribution in [0.15, 0.2) is 12.4 Å². The molecular weight excluding hydrogens is 118 g/mol. The molecule has 48 valence electrons. The van der Waals surface area contributed by atoms with Gasteiger partial charge >= 0.3 is 0 Å². The third-order valence-corrected chi connectivity index (χ3v) is 0.931. The highest BCUT2D eigenvalue weighted by Gasteiger charge is 1.96. The topological polar surface area (TPSA) is 61.8 Å². The van der Waals surface area contributed by atoms with E-state index in [0.29, 0.717) is 5.82 Å². The maximum Gasteiger partial charge on any atom is 0.190 e. The molecule has 0 bridgehead atoms. The smallest absolute Gasteiger partial charge is 0.190 e. The molecule has 1 rings (SSSR count). The van der Waals surface area contributed by atoms with Gasteiger partial charge < -0.3 is 5.11 Å². The molecule has 0 aliphatic heterocycles. The van der Waals surface area contributed by atoms with Crippen molar-refractivity contribution in [3.8, 4) is 0 Å². The Labute approximate surface area is 52.2 Å². The number of aliphatic hydroxyl groups is 1. The molecular formula is C5H7N3O. The average molecular weight is 125 g/mol. The molecule has 0 amide bonds. The van der Waals surface area contributed by atoms with E-state index in [1.807, 2.05) is 0 Å². The van der Waals surface area contributed by atoms with Gasteiger partial charge in [-0.3, -0.25) is 5.10 Å². The second kappa shape index (κ2) is 2.30. The lowest BCUT2D eigenvalue weighted by atomic mass is 10.4. The van der Waals surface area contributed by atoms with Gasteiger partial charge in [-0.2, -0.15) is 5.10 Å². The monoisotopic (exact) mass is 125 g/mol. The van der Waals surface area contributed by atoms with Crippen molar-refractivity contribution < 1.29 is 5.11 Å². The molecule has 0 aliphatic carbocycles. The maximum atomic E-state index is 8.95. The first-order chi connectivity index (χ1) is 4.34. The number of allylic oxidation sites excluding steroid dienone is 1. The van der Waals surface area contributed by atoms with E-state index in [1.54, 1.807) is 13.0 Å². The predicted molar refractivity (Wildman–Crippen MR) is 32.7 cm³/mol. The first-order valence-corrected chi connectivity index (χ1v) is 2.55.